The topological polar surface area (TPSA) is 41.1 Å². The van der Waals surface area contributed by atoms with Crippen LogP contribution < -0.4 is 10.6 Å². The first-order valence-electron chi connectivity index (χ1n) is 5.38. The zero-order chi connectivity index (χ0) is 11.8. The zero-order valence-electron chi connectivity index (χ0n) is 9.83. The number of carbonyl (C=O) groups excluding carboxylic acids is 1. The van der Waals surface area contributed by atoms with Crippen LogP contribution in [0.25, 0.3) is 0 Å². The highest BCUT2D eigenvalue weighted by molar-refractivity contribution is 6.30. The number of nitrogens with one attached hydrogen (secondary N) is 2. The molecule has 1 aromatic carbocycles. The van der Waals surface area contributed by atoms with Crippen molar-refractivity contribution >= 4 is 29.9 Å². The van der Waals surface area contributed by atoms with E-state index < -0.39 is 0 Å². The lowest BCUT2D eigenvalue weighted by Crippen LogP contribution is -2.23. The smallest absolute Gasteiger partial charge is 0.220 e. The molecule has 96 valence electrons. The Labute approximate surface area is 113 Å². The molecule has 0 saturated carbocycles. The Morgan fingerprint density at radius 2 is 1.94 bits per heavy atom. The van der Waals surface area contributed by atoms with Gasteiger partial charge in [0, 0.05) is 18.0 Å². The quantitative estimate of drug-likeness (QED) is 0.784. The van der Waals surface area contributed by atoms with Gasteiger partial charge >= 0.3 is 0 Å². The maximum absolute atomic E-state index is 11.4. The van der Waals surface area contributed by atoms with Gasteiger partial charge in [0.2, 0.25) is 5.91 Å². The third-order valence-electron chi connectivity index (χ3n) is 2.23. The SMILES string of the molecule is CNCCCC(=O)NCc1ccc(Cl)cc1.Cl. The van der Waals surface area contributed by atoms with Gasteiger partial charge in [-0.2, -0.15) is 0 Å². The molecule has 0 saturated heterocycles. The molecular formula is C12H18Cl2N2O. The fraction of sp³-hybridized carbons (Fsp3) is 0.417. The van der Waals surface area contributed by atoms with Crippen molar-refractivity contribution in [1.29, 1.82) is 0 Å². The molecule has 0 fully saturated rings. The first kappa shape index (κ1) is 16.2. The maximum atomic E-state index is 11.4. The van der Waals surface area contributed by atoms with E-state index >= 15 is 0 Å². The fourth-order valence-electron chi connectivity index (χ4n) is 1.32. The van der Waals surface area contributed by atoms with Crippen molar-refractivity contribution in [1.82, 2.24) is 10.6 Å². The number of rotatable bonds is 6. The van der Waals surface area contributed by atoms with Crippen molar-refractivity contribution in [3.05, 3.63) is 34.9 Å². The maximum Gasteiger partial charge on any atom is 0.220 e. The van der Waals surface area contributed by atoms with E-state index in [0.717, 1.165) is 18.5 Å². The normalized spacial score (nSPS) is 9.53. The average molecular weight is 277 g/mol. The van der Waals surface area contributed by atoms with Crippen LogP contribution in [0.15, 0.2) is 24.3 Å². The minimum absolute atomic E-state index is 0. The predicted molar refractivity (Wildman–Crippen MR) is 73.7 cm³/mol. The summed E-state index contributed by atoms with van der Waals surface area (Å²) in [5.41, 5.74) is 1.06. The summed E-state index contributed by atoms with van der Waals surface area (Å²) in [6.07, 6.45) is 1.43. The highest BCUT2D eigenvalue weighted by atomic mass is 35.5. The van der Waals surface area contributed by atoms with Crippen molar-refractivity contribution in [2.75, 3.05) is 13.6 Å². The van der Waals surface area contributed by atoms with Crippen LogP contribution in [0.4, 0.5) is 0 Å². The van der Waals surface area contributed by atoms with Gasteiger partial charge in [0.25, 0.3) is 0 Å². The van der Waals surface area contributed by atoms with Crippen LogP contribution in [0.1, 0.15) is 18.4 Å². The van der Waals surface area contributed by atoms with E-state index in [4.69, 9.17) is 11.6 Å². The van der Waals surface area contributed by atoms with Crippen LogP contribution in [0.5, 0.6) is 0 Å². The van der Waals surface area contributed by atoms with Gasteiger partial charge in [-0.05, 0) is 37.7 Å². The van der Waals surface area contributed by atoms with E-state index in [1.54, 1.807) is 0 Å². The van der Waals surface area contributed by atoms with E-state index in [-0.39, 0.29) is 18.3 Å². The molecule has 0 radical (unpaired) electrons. The third kappa shape index (κ3) is 7.21. The third-order valence-corrected chi connectivity index (χ3v) is 2.49. The summed E-state index contributed by atoms with van der Waals surface area (Å²) < 4.78 is 0. The summed E-state index contributed by atoms with van der Waals surface area (Å²) in [5.74, 6) is 0.0881. The molecule has 0 spiro atoms. The van der Waals surface area contributed by atoms with Gasteiger partial charge in [-0.25, -0.2) is 0 Å². The van der Waals surface area contributed by atoms with Crippen molar-refractivity contribution in [2.45, 2.75) is 19.4 Å². The van der Waals surface area contributed by atoms with Crippen molar-refractivity contribution < 1.29 is 4.79 Å². The molecule has 2 N–H and O–H groups in total. The Kier molecular flexibility index (Phi) is 8.86. The highest BCUT2D eigenvalue weighted by Crippen LogP contribution is 2.09. The summed E-state index contributed by atoms with van der Waals surface area (Å²) in [5, 5.41) is 6.59. The van der Waals surface area contributed by atoms with Crippen molar-refractivity contribution in [3.8, 4) is 0 Å². The Hall–Kier alpha value is -0.770. The molecule has 0 heterocycles. The Morgan fingerprint density at radius 3 is 2.53 bits per heavy atom. The van der Waals surface area contributed by atoms with Crippen LogP contribution in [0, 0.1) is 0 Å². The standard InChI is InChI=1S/C12H17ClN2O.ClH/c1-14-8-2-3-12(16)15-9-10-4-6-11(13)7-5-10;/h4-7,14H,2-3,8-9H2,1H3,(H,15,16);1H. The Morgan fingerprint density at radius 1 is 1.29 bits per heavy atom. The van der Waals surface area contributed by atoms with E-state index in [0.29, 0.717) is 18.0 Å². The minimum Gasteiger partial charge on any atom is -0.352 e. The molecule has 1 aromatic rings. The van der Waals surface area contributed by atoms with Gasteiger partial charge in [0.15, 0.2) is 0 Å². The molecule has 0 aliphatic carbocycles. The minimum atomic E-state index is 0. The second-order valence-electron chi connectivity index (χ2n) is 3.61. The molecule has 0 aliphatic rings. The average Bonchev–Trinajstić information content (AvgIpc) is 2.29. The van der Waals surface area contributed by atoms with E-state index in [9.17, 15) is 4.79 Å². The fourth-order valence-corrected chi connectivity index (χ4v) is 1.44. The van der Waals surface area contributed by atoms with Gasteiger partial charge in [-0.1, -0.05) is 23.7 Å². The number of carbonyl (C=O) groups is 1. The first-order valence-corrected chi connectivity index (χ1v) is 5.76. The van der Waals surface area contributed by atoms with Crippen molar-refractivity contribution in [3.63, 3.8) is 0 Å². The van der Waals surface area contributed by atoms with Gasteiger partial charge < -0.3 is 10.6 Å². The number of hydrogen-bond donors (Lipinski definition) is 2. The Bertz CT molecular complexity index is 328. The molecule has 0 aromatic heterocycles. The largest absolute Gasteiger partial charge is 0.352 e. The van der Waals surface area contributed by atoms with Crippen LogP contribution in [0.2, 0.25) is 5.02 Å². The van der Waals surface area contributed by atoms with Crippen LogP contribution in [0.3, 0.4) is 0 Å². The lowest BCUT2D eigenvalue weighted by atomic mass is 10.2. The summed E-state index contributed by atoms with van der Waals surface area (Å²) in [6, 6.07) is 7.47. The van der Waals surface area contributed by atoms with Crippen LogP contribution >= 0.6 is 24.0 Å². The summed E-state index contributed by atoms with van der Waals surface area (Å²) in [4.78, 5) is 11.4. The number of benzene rings is 1. The van der Waals surface area contributed by atoms with Gasteiger partial charge in [0.1, 0.15) is 0 Å². The molecular weight excluding hydrogens is 259 g/mol. The molecule has 0 unspecified atom stereocenters. The van der Waals surface area contributed by atoms with E-state index in [1.807, 2.05) is 31.3 Å². The molecule has 1 rings (SSSR count). The van der Waals surface area contributed by atoms with Gasteiger partial charge in [-0.15, -0.1) is 12.4 Å². The molecule has 1 amide bonds. The van der Waals surface area contributed by atoms with Crippen LogP contribution in [-0.2, 0) is 11.3 Å². The zero-order valence-corrected chi connectivity index (χ0v) is 11.4. The molecule has 3 nitrogen and oxygen atoms in total. The monoisotopic (exact) mass is 276 g/mol. The lowest BCUT2D eigenvalue weighted by Gasteiger charge is -2.05. The first-order chi connectivity index (χ1) is 7.72. The summed E-state index contributed by atoms with van der Waals surface area (Å²) >= 11 is 5.76. The second-order valence-corrected chi connectivity index (χ2v) is 4.05. The number of halogens is 2. The number of amides is 1. The molecule has 0 bridgehead atoms. The van der Waals surface area contributed by atoms with E-state index in [1.165, 1.54) is 0 Å². The highest BCUT2D eigenvalue weighted by Gasteiger charge is 2.00. The molecule has 5 heteroatoms. The summed E-state index contributed by atoms with van der Waals surface area (Å²) in [6.45, 7) is 1.43. The number of hydrogen-bond acceptors (Lipinski definition) is 2. The van der Waals surface area contributed by atoms with Gasteiger partial charge in [0.05, 0.1) is 0 Å². The lowest BCUT2D eigenvalue weighted by molar-refractivity contribution is -0.121. The van der Waals surface area contributed by atoms with Crippen molar-refractivity contribution in [2.24, 2.45) is 0 Å². The van der Waals surface area contributed by atoms with Gasteiger partial charge in [-0.3, -0.25) is 4.79 Å². The summed E-state index contributed by atoms with van der Waals surface area (Å²) in [7, 11) is 1.88. The molecule has 0 aliphatic heterocycles. The molecule has 0 atom stereocenters. The predicted octanol–water partition coefficient (Wildman–Crippen LogP) is 2.38. The second kappa shape index (κ2) is 9.28. The molecule has 17 heavy (non-hydrogen) atoms. The van der Waals surface area contributed by atoms with E-state index in [2.05, 4.69) is 10.6 Å². The van der Waals surface area contributed by atoms with Crippen LogP contribution in [-0.4, -0.2) is 19.5 Å². The Balaban J connectivity index is 0.00000256.